The van der Waals surface area contributed by atoms with Gasteiger partial charge in [-0.05, 0) is 26.0 Å². The molecule has 0 aliphatic heterocycles. The Kier molecular flexibility index (Phi) is 5.96. The molecule has 0 spiro atoms. The summed E-state index contributed by atoms with van der Waals surface area (Å²) in [5.41, 5.74) is 0.870. The molecule has 2 rings (SSSR count). The third-order valence-electron chi connectivity index (χ3n) is 2.27. The highest BCUT2D eigenvalue weighted by Crippen LogP contribution is 2.53. The largest absolute Gasteiger partial charge is 0.486 e. The third kappa shape index (κ3) is 4.66. The van der Waals surface area contributed by atoms with E-state index in [0.717, 1.165) is 17.7 Å². The lowest BCUT2D eigenvalue weighted by Crippen LogP contribution is -1.97. The molecule has 2 aromatic rings. The second-order valence-electron chi connectivity index (χ2n) is 3.75. The Labute approximate surface area is 127 Å². The third-order valence-corrected chi connectivity index (χ3v) is 4.78. The van der Waals surface area contributed by atoms with Crippen molar-refractivity contribution in [1.29, 1.82) is 0 Å². The molecule has 0 saturated heterocycles. The van der Waals surface area contributed by atoms with E-state index in [0.29, 0.717) is 5.16 Å². The summed E-state index contributed by atoms with van der Waals surface area (Å²) in [4.78, 5) is 4.07. The Morgan fingerprint density at radius 3 is 2.48 bits per heavy atom. The SMILES string of the molecule is CCOP(=O)(OCC)OSc1ncn(-c2ccccc2)n1. The Morgan fingerprint density at radius 1 is 1.19 bits per heavy atom. The van der Waals surface area contributed by atoms with Gasteiger partial charge in [0, 0.05) is 0 Å². The molecule has 0 saturated carbocycles. The second-order valence-corrected chi connectivity index (χ2v) is 6.29. The molecule has 0 aliphatic rings. The molecule has 1 aromatic carbocycles. The van der Waals surface area contributed by atoms with Crippen LogP contribution in [0.5, 0.6) is 0 Å². The van der Waals surface area contributed by atoms with Gasteiger partial charge in [-0.25, -0.2) is 18.2 Å². The highest BCUT2D eigenvalue weighted by Gasteiger charge is 2.27. The second kappa shape index (κ2) is 7.72. The van der Waals surface area contributed by atoms with Crippen LogP contribution in [0.15, 0.2) is 41.8 Å². The van der Waals surface area contributed by atoms with Crippen molar-refractivity contribution in [3.8, 4) is 5.69 Å². The maximum Gasteiger partial charge on any atom is 0.486 e. The maximum absolute atomic E-state index is 12.1. The first-order chi connectivity index (χ1) is 10.2. The smallest absolute Gasteiger partial charge is 0.287 e. The fourth-order valence-electron chi connectivity index (χ4n) is 1.47. The summed E-state index contributed by atoms with van der Waals surface area (Å²) in [6.45, 7) is 3.87. The molecule has 0 fully saturated rings. The molecule has 0 bridgehead atoms. The van der Waals surface area contributed by atoms with Crippen LogP contribution >= 0.6 is 19.9 Å². The van der Waals surface area contributed by atoms with E-state index >= 15 is 0 Å². The molecule has 0 amide bonds. The Morgan fingerprint density at radius 2 is 1.86 bits per heavy atom. The first-order valence-corrected chi connectivity index (χ1v) is 8.59. The number of phosphoric ester groups is 1. The summed E-state index contributed by atoms with van der Waals surface area (Å²) in [6, 6.07) is 9.52. The molecule has 7 nitrogen and oxygen atoms in total. The van der Waals surface area contributed by atoms with Crippen LogP contribution in [0.3, 0.4) is 0 Å². The van der Waals surface area contributed by atoms with Crippen LogP contribution in [0.25, 0.3) is 5.69 Å². The molecule has 0 aliphatic carbocycles. The molecule has 0 atom stereocenters. The van der Waals surface area contributed by atoms with Gasteiger partial charge in [0.1, 0.15) is 6.33 Å². The van der Waals surface area contributed by atoms with Gasteiger partial charge in [-0.2, -0.15) is 0 Å². The normalized spacial score (nSPS) is 11.7. The molecule has 1 heterocycles. The zero-order valence-corrected chi connectivity index (χ0v) is 13.4. The van der Waals surface area contributed by atoms with Gasteiger partial charge in [0.05, 0.1) is 30.9 Å². The average molecular weight is 329 g/mol. The van der Waals surface area contributed by atoms with Crippen molar-refractivity contribution in [2.24, 2.45) is 0 Å². The van der Waals surface area contributed by atoms with Gasteiger partial charge in [0.15, 0.2) is 0 Å². The standard InChI is InChI=1S/C12H16N3O4PS/c1-3-17-20(16,18-4-2)19-21-12-13-10-15(14-12)11-8-6-5-7-9-11/h5-10H,3-4H2,1-2H3. The molecule has 1 aromatic heterocycles. The first kappa shape index (κ1) is 16.2. The molecule has 114 valence electrons. The molecule has 0 N–H and O–H groups in total. The van der Waals surface area contributed by atoms with Crippen molar-refractivity contribution in [2.45, 2.75) is 19.0 Å². The molecular formula is C12H16N3O4PS. The molecule has 21 heavy (non-hydrogen) atoms. The van der Waals surface area contributed by atoms with Crippen molar-refractivity contribution in [3.63, 3.8) is 0 Å². The van der Waals surface area contributed by atoms with E-state index in [9.17, 15) is 4.57 Å². The number of phosphoric acid groups is 1. The van der Waals surface area contributed by atoms with Crippen LogP contribution in [-0.4, -0.2) is 28.0 Å². The van der Waals surface area contributed by atoms with E-state index in [2.05, 4.69) is 10.1 Å². The molecular weight excluding hydrogens is 313 g/mol. The highest BCUT2D eigenvalue weighted by atomic mass is 32.2. The van der Waals surface area contributed by atoms with Crippen LogP contribution < -0.4 is 0 Å². The van der Waals surface area contributed by atoms with Gasteiger partial charge < -0.3 is 0 Å². The zero-order chi connectivity index (χ0) is 15.1. The summed E-state index contributed by atoms with van der Waals surface area (Å²) < 4.78 is 28.9. The minimum absolute atomic E-state index is 0.226. The predicted octanol–water partition coefficient (Wildman–Crippen LogP) is 3.47. The van der Waals surface area contributed by atoms with Crippen molar-refractivity contribution in [3.05, 3.63) is 36.7 Å². The average Bonchev–Trinajstić information content (AvgIpc) is 2.96. The maximum atomic E-state index is 12.1. The van der Waals surface area contributed by atoms with Crippen LogP contribution in [0.4, 0.5) is 0 Å². The van der Waals surface area contributed by atoms with Gasteiger partial charge in [-0.3, -0.25) is 9.05 Å². The monoisotopic (exact) mass is 329 g/mol. The molecule has 9 heteroatoms. The van der Waals surface area contributed by atoms with Gasteiger partial charge in [0.25, 0.3) is 0 Å². The minimum Gasteiger partial charge on any atom is -0.287 e. The van der Waals surface area contributed by atoms with Gasteiger partial charge in [-0.1, -0.05) is 18.2 Å². The van der Waals surface area contributed by atoms with Crippen molar-refractivity contribution >= 4 is 19.9 Å². The van der Waals surface area contributed by atoms with Gasteiger partial charge in [0.2, 0.25) is 5.16 Å². The lowest BCUT2D eigenvalue weighted by Gasteiger charge is -2.13. The molecule has 0 radical (unpaired) electrons. The van der Waals surface area contributed by atoms with Crippen LogP contribution in [0, 0.1) is 0 Å². The fraction of sp³-hybridized carbons (Fsp3) is 0.333. The Balaban J connectivity index is 2.01. The number of hydrogen-bond donors (Lipinski definition) is 0. The van der Waals surface area contributed by atoms with Crippen molar-refractivity contribution in [2.75, 3.05) is 13.2 Å². The fourth-order valence-corrected chi connectivity index (χ4v) is 3.36. The summed E-state index contributed by atoms with van der Waals surface area (Å²) in [6.07, 6.45) is 1.55. The van der Waals surface area contributed by atoms with Crippen molar-refractivity contribution < 1.29 is 17.6 Å². The van der Waals surface area contributed by atoms with E-state index < -0.39 is 7.82 Å². The van der Waals surface area contributed by atoms with E-state index in [4.69, 9.17) is 13.0 Å². The summed E-state index contributed by atoms with van der Waals surface area (Å²) >= 11 is 0.767. The highest BCUT2D eigenvalue weighted by molar-refractivity contribution is 7.97. The lowest BCUT2D eigenvalue weighted by molar-refractivity contribution is 0.175. The van der Waals surface area contributed by atoms with Crippen LogP contribution in [0.1, 0.15) is 13.8 Å². The van der Waals surface area contributed by atoms with E-state index in [1.54, 1.807) is 24.9 Å². The predicted molar refractivity (Wildman–Crippen MR) is 79.2 cm³/mol. The topological polar surface area (TPSA) is 75.5 Å². The quantitative estimate of drug-likeness (QED) is 0.542. The van der Waals surface area contributed by atoms with E-state index in [1.807, 2.05) is 30.3 Å². The molecule has 0 unspecified atom stereocenters. The van der Waals surface area contributed by atoms with E-state index in [-0.39, 0.29) is 13.2 Å². The first-order valence-electron chi connectivity index (χ1n) is 6.39. The van der Waals surface area contributed by atoms with E-state index in [1.165, 1.54) is 0 Å². The van der Waals surface area contributed by atoms with Gasteiger partial charge in [-0.15, -0.1) is 5.10 Å². The summed E-state index contributed by atoms with van der Waals surface area (Å²) in [5, 5.41) is 4.53. The number of rotatable bonds is 8. The Hall–Kier alpha value is -1.18. The number of benzene rings is 1. The summed E-state index contributed by atoms with van der Waals surface area (Å²) in [5.74, 6) is 0. The summed E-state index contributed by atoms with van der Waals surface area (Å²) in [7, 11) is -3.57. The van der Waals surface area contributed by atoms with Crippen molar-refractivity contribution in [1.82, 2.24) is 14.8 Å². The lowest BCUT2D eigenvalue weighted by atomic mass is 10.3. The zero-order valence-electron chi connectivity index (χ0n) is 11.7. The minimum atomic E-state index is -3.57. The number of aromatic nitrogens is 3. The Bertz CT molecular complexity index is 598. The van der Waals surface area contributed by atoms with Crippen LogP contribution in [0.2, 0.25) is 0 Å². The number of para-hydroxylation sites is 1. The van der Waals surface area contributed by atoms with Crippen LogP contribution in [-0.2, 0) is 17.6 Å². The number of nitrogens with zero attached hydrogens (tertiary/aromatic N) is 3. The number of hydrogen-bond acceptors (Lipinski definition) is 7. The van der Waals surface area contributed by atoms with Gasteiger partial charge >= 0.3 is 7.82 Å².